The third kappa shape index (κ3) is 3.96. The Morgan fingerprint density at radius 3 is 2.68 bits per heavy atom. The van der Waals surface area contributed by atoms with Crippen LogP contribution in [0.1, 0.15) is 18.1 Å². The minimum atomic E-state index is -0.605. The minimum absolute atomic E-state index is 0.447. The molecule has 4 nitrogen and oxygen atoms in total. The van der Waals surface area contributed by atoms with Gasteiger partial charge in [-0.25, -0.2) is 0 Å². The first kappa shape index (κ1) is 13.4. The van der Waals surface area contributed by atoms with Crippen LogP contribution in [-0.4, -0.2) is 23.8 Å². The fourth-order valence-electron chi connectivity index (χ4n) is 1.70. The molecular weight excluding hydrogens is 242 g/mol. The van der Waals surface area contributed by atoms with Crippen molar-refractivity contribution in [3.05, 3.63) is 54.4 Å². The highest BCUT2D eigenvalue weighted by Gasteiger charge is 2.09. The largest absolute Gasteiger partial charge is 0.495 e. The molecule has 0 spiro atoms. The van der Waals surface area contributed by atoms with Crippen LogP contribution in [0.5, 0.6) is 11.5 Å². The number of ether oxygens (including phenoxy) is 2. The van der Waals surface area contributed by atoms with Gasteiger partial charge in [-0.2, -0.15) is 0 Å². The Hall–Kier alpha value is -2.07. The number of rotatable bonds is 6. The number of hydrogen-bond donors (Lipinski definition) is 1. The molecule has 1 unspecified atom stereocenters. The van der Waals surface area contributed by atoms with Crippen molar-refractivity contribution >= 4 is 0 Å². The third-order valence-corrected chi connectivity index (χ3v) is 2.76. The van der Waals surface area contributed by atoms with Crippen molar-refractivity contribution in [1.29, 1.82) is 0 Å². The zero-order chi connectivity index (χ0) is 13.5. The van der Waals surface area contributed by atoms with E-state index in [1.807, 2.05) is 30.3 Å². The zero-order valence-corrected chi connectivity index (χ0v) is 10.8. The second-order valence-electron chi connectivity index (χ2n) is 4.12. The van der Waals surface area contributed by atoms with Crippen LogP contribution < -0.4 is 9.47 Å². The molecule has 0 aliphatic carbocycles. The third-order valence-electron chi connectivity index (χ3n) is 2.76. The number of para-hydroxylation sites is 1. The predicted octanol–water partition coefficient (Wildman–Crippen LogP) is 2.59. The summed E-state index contributed by atoms with van der Waals surface area (Å²) in [7, 11) is 1.58. The van der Waals surface area contributed by atoms with Crippen molar-refractivity contribution in [3.8, 4) is 11.5 Å². The maximum absolute atomic E-state index is 10.0. The molecule has 1 aromatic carbocycles. The first-order chi connectivity index (χ1) is 9.29. The molecule has 0 amide bonds. The van der Waals surface area contributed by atoms with Crippen molar-refractivity contribution in [2.75, 3.05) is 13.7 Å². The number of aliphatic hydroxyl groups is 1. The van der Waals surface area contributed by atoms with E-state index in [1.165, 1.54) is 0 Å². The van der Waals surface area contributed by atoms with Crippen molar-refractivity contribution in [2.45, 2.75) is 12.5 Å². The lowest BCUT2D eigenvalue weighted by Gasteiger charge is -2.12. The summed E-state index contributed by atoms with van der Waals surface area (Å²) in [5, 5.41) is 10.0. The SMILES string of the molecule is COc1cncc(C(O)CCOc2ccccc2)c1. The van der Waals surface area contributed by atoms with Gasteiger partial charge in [0.2, 0.25) is 0 Å². The average molecular weight is 259 g/mol. The van der Waals surface area contributed by atoms with Crippen LogP contribution in [-0.2, 0) is 0 Å². The highest BCUT2D eigenvalue weighted by molar-refractivity contribution is 5.25. The van der Waals surface area contributed by atoms with Gasteiger partial charge in [-0.1, -0.05) is 18.2 Å². The highest BCUT2D eigenvalue weighted by Crippen LogP contribution is 2.20. The van der Waals surface area contributed by atoms with E-state index in [0.29, 0.717) is 18.8 Å². The molecule has 2 aromatic rings. The first-order valence-corrected chi connectivity index (χ1v) is 6.14. The first-order valence-electron chi connectivity index (χ1n) is 6.14. The van der Waals surface area contributed by atoms with E-state index >= 15 is 0 Å². The Labute approximate surface area is 112 Å². The average Bonchev–Trinajstić information content (AvgIpc) is 2.48. The van der Waals surface area contributed by atoms with Crippen LogP contribution in [0.25, 0.3) is 0 Å². The van der Waals surface area contributed by atoms with Crippen LogP contribution in [0.15, 0.2) is 48.8 Å². The molecule has 1 aromatic heterocycles. The number of methoxy groups -OCH3 is 1. The lowest BCUT2D eigenvalue weighted by Crippen LogP contribution is -2.06. The smallest absolute Gasteiger partial charge is 0.137 e. The van der Waals surface area contributed by atoms with Crippen LogP contribution in [0.4, 0.5) is 0 Å². The van der Waals surface area contributed by atoms with Gasteiger partial charge in [0.05, 0.1) is 26.0 Å². The van der Waals surface area contributed by atoms with Gasteiger partial charge < -0.3 is 14.6 Å². The zero-order valence-electron chi connectivity index (χ0n) is 10.8. The van der Waals surface area contributed by atoms with Crippen molar-refractivity contribution in [1.82, 2.24) is 4.98 Å². The Bertz CT molecular complexity index is 502. The van der Waals surface area contributed by atoms with Gasteiger partial charge in [-0.05, 0) is 18.2 Å². The Morgan fingerprint density at radius 2 is 1.95 bits per heavy atom. The summed E-state index contributed by atoms with van der Waals surface area (Å²) in [6.07, 6.45) is 3.14. The summed E-state index contributed by atoms with van der Waals surface area (Å²) < 4.78 is 10.6. The van der Waals surface area contributed by atoms with Crippen molar-refractivity contribution < 1.29 is 14.6 Å². The topological polar surface area (TPSA) is 51.6 Å². The summed E-state index contributed by atoms with van der Waals surface area (Å²) in [5.74, 6) is 1.44. The molecule has 0 bridgehead atoms. The maximum Gasteiger partial charge on any atom is 0.137 e. The molecule has 0 saturated heterocycles. The maximum atomic E-state index is 10.0. The van der Waals surface area contributed by atoms with Gasteiger partial charge in [0.1, 0.15) is 11.5 Å². The normalized spacial score (nSPS) is 11.9. The van der Waals surface area contributed by atoms with E-state index in [1.54, 1.807) is 25.6 Å². The van der Waals surface area contributed by atoms with Crippen molar-refractivity contribution in [3.63, 3.8) is 0 Å². The van der Waals surface area contributed by atoms with Gasteiger partial charge in [0.15, 0.2) is 0 Å². The quantitative estimate of drug-likeness (QED) is 0.866. The second-order valence-corrected chi connectivity index (χ2v) is 4.12. The lowest BCUT2D eigenvalue weighted by molar-refractivity contribution is 0.140. The van der Waals surface area contributed by atoms with Crippen LogP contribution in [0, 0.1) is 0 Å². The predicted molar refractivity (Wildman–Crippen MR) is 72.3 cm³/mol. The fraction of sp³-hybridized carbons (Fsp3) is 0.267. The van der Waals surface area contributed by atoms with Gasteiger partial charge in [0.25, 0.3) is 0 Å². The van der Waals surface area contributed by atoms with Crippen LogP contribution in [0.3, 0.4) is 0 Å². The van der Waals surface area contributed by atoms with E-state index in [9.17, 15) is 5.11 Å². The van der Waals surface area contributed by atoms with E-state index in [2.05, 4.69) is 4.98 Å². The number of aromatic nitrogens is 1. The minimum Gasteiger partial charge on any atom is -0.495 e. The van der Waals surface area contributed by atoms with Crippen LogP contribution in [0.2, 0.25) is 0 Å². The number of pyridine rings is 1. The molecule has 0 saturated carbocycles. The van der Waals surface area contributed by atoms with Gasteiger partial charge >= 0.3 is 0 Å². The van der Waals surface area contributed by atoms with Crippen molar-refractivity contribution in [2.24, 2.45) is 0 Å². The van der Waals surface area contributed by atoms with Gasteiger partial charge in [0, 0.05) is 18.2 Å². The van der Waals surface area contributed by atoms with E-state index < -0.39 is 6.10 Å². The van der Waals surface area contributed by atoms with Gasteiger partial charge in [-0.3, -0.25) is 4.98 Å². The summed E-state index contributed by atoms with van der Waals surface area (Å²) in [6.45, 7) is 0.447. The number of aliphatic hydroxyl groups excluding tert-OH is 1. The van der Waals surface area contributed by atoms with E-state index in [-0.39, 0.29) is 0 Å². The molecule has 19 heavy (non-hydrogen) atoms. The Morgan fingerprint density at radius 1 is 1.16 bits per heavy atom. The molecule has 1 heterocycles. The fourth-order valence-corrected chi connectivity index (χ4v) is 1.70. The Balaban J connectivity index is 1.85. The molecule has 0 fully saturated rings. The molecule has 0 radical (unpaired) electrons. The van der Waals surface area contributed by atoms with E-state index in [4.69, 9.17) is 9.47 Å². The summed E-state index contributed by atoms with van der Waals surface area (Å²) in [4.78, 5) is 4.02. The van der Waals surface area contributed by atoms with E-state index in [0.717, 1.165) is 11.3 Å². The molecule has 0 aliphatic rings. The number of nitrogens with zero attached hydrogens (tertiary/aromatic N) is 1. The second kappa shape index (κ2) is 6.75. The molecule has 0 aliphatic heterocycles. The van der Waals surface area contributed by atoms with Crippen LogP contribution >= 0.6 is 0 Å². The number of hydrogen-bond acceptors (Lipinski definition) is 4. The molecular formula is C15H17NO3. The number of benzene rings is 1. The lowest BCUT2D eigenvalue weighted by atomic mass is 10.1. The summed E-state index contributed by atoms with van der Waals surface area (Å²) >= 11 is 0. The highest BCUT2D eigenvalue weighted by atomic mass is 16.5. The molecule has 2 rings (SSSR count). The molecule has 4 heteroatoms. The summed E-state index contributed by atoms with van der Waals surface area (Å²) in [6, 6.07) is 11.3. The monoisotopic (exact) mass is 259 g/mol. The standard InChI is InChI=1S/C15H17NO3/c1-18-14-9-12(10-16-11-14)15(17)7-8-19-13-5-3-2-4-6-13/h2-6,9-11,15,17H,7-8H2,1H3. The molecule has 1 N–H and O–H groups in total. The Kier molecular flexibility index (Phi) is 4.75. The van der Waals surface area contributed by atoms with Gasteiger partial charge in [-0.15, -0.1) is 0 Å². The molecule has 100 valence electrons. The molecule has 1 atom stereocenters. The summed E-state index contributed by atoms with van der Waals surface area (Å²) in [5.41, 5.74) is 0.732.